The predicted octanol–water partition coefficient (Wildman–Crippen LogP) is 2.54. The second kappa shape index (κ2) is 6.53. The fourth-order valence-electron chi connectivity index (χ4n) is 1.73. The normalized spacial score (nSPS) is 10.0. The molecule has 1 N–H and O–H groups in total. The van der Waals surface area contributed by atoms with Crippen LogP contribution in [0.1, 0.15) is 23.3 Å². The lowest BCUT2D eigenvalue weighted by Gasteiger charge is -2.06. The number of carbonyl (C=O) groups excluding carboxylic acids is 1. The van der Waals surface area contributed by atoms with E-state index in [-0.39, 0.29) is 24.4 Å². The zero-order valence-electron chi connectivity index (χ0n) is 10.7. The molecule has 0 saturated carbocycles. The molecular weight excluding hydrogens is 259 g/mol. The number of aryl methyl sites for hydroxylation is 1. The second-order valence-corrected chi connectivity index (χ2v) is 4.27. The van der Waals surface area contributed by atoms with E-state index in [4.69, 9.17) is 9.68 Å². The standard InChI is InChI=1S/C15H13FN2O2/c16-14-8-11(9-17)3-4-12(14)10-18-15(19)6-5-13-2-1-7-20-13/h1-4,7-8H,5-6,10H2,(H,18,19). The van der Waals surface area contributed by atoms with E-state index in [0.717, 1.165) is 11.8 Å². The number of hydrogen-bond acceptors (Lipinski definition) is 3. The van der Waals surface area contributed by atoms with Gasteiger partial charge in [0.1, 0.15) is 11.6 Å². The summed E-state index contributed by atoms with van der Waals surface area (Å²) in [5, 5.41) is 11.3. The third kappa shape index (κ3) is 3.69. The second-order valence-electron chi connectivity index (χ2n) is 4.27. The van der Waals surface area contributed by atoms with Gasteiger partial charge in [-0.2, -0.15) is 5.26 Å². The number of amides is 1. The van der Waals surface area contributed by atoms with E-state index in [0.29, 0.717) is 12.0 Å². The Hall–Kier alpha value is -2.61. The number of nitrogens with one attached hydrogen (secondary N) is 1. The zero-order valence-corrected chi connectivity index (χ0v) is 10.7. The van der Waals surface area contributed by atoms with E-state index >= 15 is 0 Å². The van der Waals surface area contributed by atoms with Crippen molar-refractivity contribution in [3.05, 3.63) is 59.3 Å². The van der Waals surface area contributed by atoms with Crippen LogP contribution in [0.15, 0.2) is 41.0 Å². The van der Waals surface area contributed by atoms with Gasteiger partial charge in [-0.25, -0.2) is 4.39 Å². The van der Waals surface area contributed by atoms with Gasteiger partial charge in [0, 0.05) is 24.9 Å². The van der Waals surface area contributed by atoms with Crippen LogP contribution in [-0.4, -0.2) is 5.91 Å². The third-order valence-electron chi connectivity index (χ3n) is 2.84. The number of rotatable bonds is 5. The maximum Gasteiger partial charge on any atom is 0.220 e. The molecule has 0 radical (unpaired) electrons. The summed E-state index contributed by atoms with van der Waals surface area (Å²) < 4.78 is 18.7. The maximum atomic E-state index is 13.6. The average molecular weight is 272 g/mol. The van der Waals surface area contributed by atoms with E-state index in [2.05, 4.69) is 5.32 Å². The topological polar surface area (TPSA) is 66.0 Å². The Labute approximate surface area is 115 Å². The predicted molar refractivity (Wildman–Crippen MR) is 70.0 cm³/mol. The fourth-order valence-corrected chi connectivity index (χ4v) is 1.73. The van der Waals surface area contributed by atoms with Gasteiger partial charge < -0.3 is 9.73 Å². The van der Waals surface area contributed by atoms with Crippen molar-refractivity contribution >= 4 is 5.91 Å². The van der Waals surface area contributed by atoms with Crippen LogP contribution in [0.3, 0.4) is 0 Å². The first kappa shape index (κ1) is 13.8. The molecule has 0 bridgehead atoms. The molecule has 0 aliphatic rings. The van der Waals surface area contributed by atoms with Crippen LogP contribution in [0.5, 0.6) is 0 Å². The monoisotopic (exact) mass is 272 g/mol. The SMILES string of the molecule is N#Cc1ccc(CNC(=O)CCc2ccco2)c(F)c1. The van der Waals surface area contributed by atoms with Crippen LogP contribution in [0.4, 0.5) is 4.39 Å². The Kier molecular flexibility index (Phi) is 4.51. The summed E-state index contributed by atoms with van der Waals surface area (Å²) in [6, 6.07) is 9.60. The quantitative estimate of drug-likeness (QED) is 0.909. The number of hydrogen-bond donors (Lipinski definition) is 1. The largest absolute Gasteiger partial charge is 0.469 e. The summed E-state index contributed by atoms with van der Waals surface area (Å²) in [6.45, 7) is 0.106. The van der Waals surface area contributed by atoms with Gasteiger partial charge >= 0.3 is 0 Å². The van der Waals surface area contributed by atoms with Crippen molar-refractivity contribution in [3.63, 3.8) is 0 Å². The molecule has 0 aliphatic heterocycles. The minimum Gasteiger partial charge on any atom is -0.469 e. The van der Waals surface area contributed by atoms with Gasteiger partial charge in [0.05, 0.1) is 17.9 Å². The molecule has 102 valence electrons. The molecule has 0 fully saturated rings. The Morgan fingerprint density at radius 1 is 1.40 bits per heavy atom. The Balaban J connectivity index is 1.83. The molecule has 1 aromatic carbocycles. The molecule has 1 amide bonds. The highest BCUT2D eigenvalue weighted by atomic mass is 19.1. The summed E-state index contributed by atoms with van der Waals surface area (Å²) >= 11 is 0. The van der Waals surface area contributed by atoms with E-state index in [1.807, 2.05) is 6.07 Å². The molecule has 2 rings (SSSR count). The van der Waals surface area contributed by atoms with Crippen molar-refractivity contribution in [1.82, 2.24) is 5.32 Å². The maximum absolute atomic E-state index is 13.6. The minimum atomic E-state index is -0.490. The summed E-state index contributed by atoms with van der Waals surface area (Å²) in [7, 11) is 0. The lowest BCUT2D eigenvalue weighted by Crippen LogP contribution is -2.23. The molecule has 2 aromatic rings. The number of carbonyl (C=O) groups is 1. The average Bonchev–Trinajstić information content (AvgIpc) is 2.97. The fraction of sp³-hybridized carbons (Fsp3) is 0.200. The van der Waals surface area contributed by atoms with Crippen LogP contribution in [0.2, 0.25) is 0 Å². The molecule has 0 saturated heterocycles. The van der Waals surface area contributed by atoms with Crippen molar-refractivity contribution in [1.29, 1.82) is 5.26 Å². The highest BCUT2D eigenvalue weighted by molar-refractivity contribution is 5.76. The first-order chi connectivity index (χ1) is 9.69. The first-order valence-corrected chi connectivity index (χ1v) is 6.16. The Bertz CT molecular complexity index is 630. The van der Waals surface area contributed by atoms with E-state index in [9.17, 15) is 9.18 Å². The summed E-state index contributed by atoms with van der Waals surface area (Å²) in [5.41, 5.74) is 0.616. The van der Waals surface area contributed by atoms with Gasteiger partial charge in [0.2, 0.25) is 5.91 Å². The summed E-state index contributed by atoms with van der Waals surface area (Å²) in [6.07, 6.45) is 2.35. The number of furan rings is 1. The zero-order chi connectivity index (χ0) is 14.4. The molecule has 0 aliphatic carbocycles. The molecule has 0 unspecified atom stereocenters. The van der Waals surface area contributed by atoms with E-state index in [1.54, 1.807) is 18.4 Å². The van der Waals surface area contributed by atoms with Gasteiger partial charge in [-0.15, -0.1) is 0 Å². The van der Waals surface area contributed by atoms with Crippen molar-refractivity contribution in [2.45, 2.75) is 19.4 Å². The van der Waals surface area contributed by atoms with E-state index < -0.39 is 5.82 Å². The van der Waals surface area contributed by atoms with Crippen molar-refractivity contribution in [3.8, 4) is 6.07 Å². The van der Waals surface area contributed by atoms with Crippen LogP contribution in [-0.2, 0) is 17.8 Å². The van der Waals surface area contributed by atoms with Crippen molar-refractivity contribution in [2.24, 2.45) is 0 Å². The van der Waals surface area contributed by atoms with Crippen LogP contribution >= 0.6 is 0 Å². The number of benzene rings is 1. The van der Waals surface area contributed by atoms with Gasteiger partial charge in [0.15, 0.2) is 0 Å². The number of nitriles is 1. The molecule has 4 nitrogen and oxygen atoms in total. The Morgan fingerprint density at radius 3 is 2.90 bits per heavy atom. The van der Waals surface area contributed by atoms with Gasteiger partial charge in [0.25, 0.3) is 0 Å². The summed E-state index contributed by atoms with van der Waals surface area (Å²) in [4.78, 5) is 11.6. The molecule has 20 heavy (non-hydrogen) atoms. The molecule has 1 aromatic heterocycles. The van der Waals surface area contributed by atoms with Crippen LogP contribution < -0.4 is 5.32 Å². The lowest BCUT2D eigenvalue weighted by atomic mass is 10.1. The number of nitrogens with zero attached hydrogens (tertiary/aromatic N) is 1. The number of halogens is 1. The highest BCUT2D eigenvalue weighted by Crippen LogP contribution is 2.10. The molecule has 1 heterocycles. The lowest BCUT2D eigenvalue weighted by molar-refractivity contribution is -0.121. The van der Waals surface area contributed by atoms with Gasteiger partial charge in [-0.05, 0) is 24.3 Å². The smallest absolute Gasteiger partial charge is 0.220 e. The minimum absolute atomic E-state index is 0.106. The van der Waals surface area contributed by atoms with Crippen LogP contribution in [0.25, 0.3) is 0 Å². The van der Waals surface area contributed by atoms with Crippen molar-refractivity contribution in [2.75, 3.05) is 0 Å². The third-order valence-corrected chi connectivity index (χ3v) is 2.84. The summed E-state index contributed by atoms with van der Waals surface area (Å²) in [5.74, 6) is 0.0743. The van der Waals surface area contributed by atoms with Crippen molar-refractivity contribution < 1.29 is 13.6 Å². The van der Waals surface area contributed by atoms with Gasteiger partial charge in [-0.3, -0.25) is 4.79 Å². The molecule has 0 spiro atoms. The molecule has 5 heteroatoms. The Morgan fingerprint density at radius 2 is 2.25 bits per heavy atom. The van der Waals surface area contributed by atoms with Crippen LogP contribution in [0, 0.1) is 17.1 Å². The molecule has 0 atom stereocenters. The van der Waals surface area contributed by atoms with Gasteiger partial charge in [-0.1, -0.05) is 6.07 Å². The van der Waals surface area contributed by atoms with E-state index in [1.165, 1.54) is 12.1 Å². The highest BCUT2D eigenvalue weighted by Gasteiger charge is 2.07. The first-order valence-electron chi connectivity index (χ1n) is 6.16. The molecular formula is C15H13FN2O2.